The summed E-state index contributed by atoms with van der Waals surface area (Å²) in [7, 11) is -3.84. The summed E-state index contributed by atoms with van der Waals surface area (Å²) in [6, 6.07) is 21.4. The second kappa shape index (κ2) is 9.24. The first kappa shape index (κ1) is 21.7. The highest BCUT2D eigenvalue weighted by atomic mass is 32.2. The molecule has 0 atom stereocenters. The molecule has 1 amide bonds. The van der Waals surface area contributed by atoms with E-state index in [-0.39, 0.29) is 23.9 Å². The number of nitrogens with one attached hydrogen (secondary N) is 1. The highest BCUT2D eigenvalue weighted by Gasteiger charge is 2.27. The molecule has 0 aliphatic carbocycles. The predicted molar refractivity (Wildman–Crippen MR) is 120 cm³/mol. The van der Waals surface area contributed by atoms with Crippen LogP contribution in [0.3, 0.4) is 0 Å². The molecule has 0 saturated heterocycles. The lowest BCUT2D eigenvalue weighted by atomic mass is 10.1. The number of sulfonamides is 1. The van der Waals surface area contributed by atoms with Crippen molar-refractivity contribution in [2.75, 3.05) is 11.9 Å². The van der Waals surface area contributed by atoms with Crippen molar-refractivity contribution in [1.82, 2.24) is 4.31 Å². The number of carbonyl (C=O) groups excluding carboxylic acids is 1. The van der Waals surface area contributed by atoms with Gasteiger partial charge in [0.05, 0.1) is 11.4 Å². The van der Waals surface area contributed by atoms with E-state index in [1.165, 1.54) is 4.31 Å². The van der Waals surface area contributed by atoms with Gasteiger partial charge in [0.25, 0.3) is 0 Å². The number of benzene rings is 3. The lowest BCUT2D eigenvalue weighted by Crippen LogP contribution is -2.37. The van der Waals surface area contributed by atoms with E-state index < -0.39 is 10.0 Å². The number of hydrogen-bond donors (Lipinski definition) is 1. The van der Waals surface area contributed by atoms with E-state index in [9.17, 15) is 13.2 Å². The zero-order chi connectivity index (χ0) is 21.7. The monoisotopic (exact) mass is 422 g/mol. The molecule has 0 fully saturated rings. The molecule has 0 bridgehead atoms. The molecule has 5 nitrogen and oxygen atoms in total. The minimum atomic E-state index is -3.84. The van der Waals surface area contributed by atoms with Crippen molar-refractivity contribution in [3.63, 3.8) is 0 Å². The lowest BCUT2D eigenvalue weighted by molar-refractivity contribution is -0.116. The summed E-state index contributed by atoms with van der Waals surface area (Å²) in [6.45, 7) is 5.69. The van der Waals surface area contributed by atoms with Crippen molar-refractivity contribution in [2.24, 2.45) is 0 Å². The number of anilines is 1. The molecule has 0 aromatic heterocycles. The number of nitrogens with zero attached hydrogens (tertiary/aromatic N) is 1. The number of hydrogen-bond acceptors (Lipinski definition) is 3. The van der Waals surface area contributed by atoms with Gasteiger partial charge >= 0.3 is 0 Å². The fourth-order valence-corrected chi connectivity index (χ4v) is 4.88. The maximum absolute atomic E-state index is 13.2. The predicted octanol–water partition coefficient (Wildman–Crippen LogP) is 4.44. The van der Waals surface area contributed by atoms with Gasteiger partial charge in [-0.05, 0) is 49.6 Å². The molecule has 0 saturated carbocycles. The topological polar surface area (TPSA) is 66.5 Å². The first-order valence-electron chi connectivity index (χ1n) is 9.74. The summed E-state index contributed by atoms with van der Waals surface area (Å²) in [4.78, 5) is 13.0. The Balaban J connectivity index is 1.88. The molecular weight excluding hydrogens is 396 g/mol. The van der Waals surface area contributed by atoms with Gasteiger partial charge in [-0.15, -0.1) is 0 Å². The average Bonchev–Trinajstić information content (AvgIpc) is 2.71. The highest BCUT2D eigenvalue weighted by molar-refractivity contribution is 7.89. The molecule has 3 aromatic carbocycles. The van der Waals surface area contributed by atoms with Crippen LogP contribution in [0.4, 0.5) is 5.69 Å². The summed E-state index contributed by atoms with van der Waals surface area (Å²) in [5.74, 6) is -0.375. The van der Waals surface area contributed by atoms with Gasteiger partial charge in [0.15, 0.2) is 0 Å². The van der Waals surface area contributed by atoms with Crippen molar-refractivity contribution in [2.45, 2.75) is 32.2 Å². The van der Waals surface area contributed by atoms with Crippen LogP contribution < -0.4 is 5.32 Å². The van der Waals surface area contributed by atoms with Gasteiger partial charge in [-0.2, -0.15) is 4.31 Å². The van der Waals surface area contributed by atoms with Crippen molar-refractivity contribution in [1.29, 1.82) is 0 Å². The first-order chi connectivity index (χ1) is 14.3. The summed E-state index contributed by atoms with van der Waals surface area (Å²) < 4.78 is 27.7. The smallest absolute Gasteiger partial charge is 0.243 e. The largest absolute Gasteiger partial charge is 0.324 e. The van der Waals surface area contributed by atoms with E-state index >= 15 is 0 Å². The maximum atomic E-state index is 13.2. The minimum Gasteiger partial charge on any atom is -0.324 e. The normalized spacial score (nSPS) is 11.5. The van der Waals surface area contributed by atoms with Crippen LogP contribution in [0.15, 0.2) is 77.7 Å². The third kappa shape index (κ3) is 5.14. The van der Waals surface area contributed by atoms with Gasteiger partial charge in [-0.1, -0.05) is 66.2 Å². The zero-order valence-corrected chi connectivity index (χ0v) is 18.2. The number of rotatable bonds is 7. The Morgan fingerprint density at radius 3 is 1.97 bits per heavy atom. The molecule has 0 radical (unpaired) electrons. The molecule has 0 aliphatic rings. The van der Waals surface area contributed by atoms with E-state index in [0.29, 0.717) is 0 Å². The fraction of sp³-hybridized carbons (Fsp3) is 0.208. The average molecular weight is 423 g/mol. The molecule has 156 valence electrons. The van der Waals surface area contributed by atoms with E-state index in [2.05, 4.69) is 5.32 Å². The number of carbonyl (C=O) groups is 1. The third-order valence-corrected chi connectivity index (χ3v) is 6.65. The molecule has 0 heterocycles. The van der Waals surface area contributed by atoms with Gasteiger partial charge < -0.3 is 5.32 Å². The lowest BCUT2D eigenvalue weighted by Gasteiger charge is -2.22. The van der Waals surface area contributed by atoms with Crippen LogP contribution in [-0.4, -0.2) is 25.2 Å². The second-order valence-corrected chi connectivity index (χ2v) is 9.33. The van der Waals surface area contributed by atoms with E-state index in [1.54, 1.807) is 30.3 Å². The van der Waals surface area contributed by atoms with Crippen LogP contribution in [0, 0.1) is 20.8 Å². The molecule has 30 heavy (non-hydrogen) atoms. The Morgan fingerprint density at radius 2 is 1.40 bits per heavy atom. The fourth-order valence-electron chi connectivity index (χ4n) is 3.47. The molecule has 0 unspecified atom stereocenters. The van der Waals surface area contributed by atoms with Crippen LogP contribution in [0.25, 0.3) is 0 Å². The summed E-state index contributed by atoms with van der Waals surface area (Å²) in [5, 5.41) is 2.90. The van der Waals surface area contributed by atoms with Crippen molar-refractivity contribution in [3.05, 3.63) is 95.1 Å². The Kier molecular flexibility index (Phi) is 6.70. The van der Waals surface area contributed by atoms with Gasteiger partial charge in [0, 0.05) is 12.2 Å². The molecule has 0 aliphatic heterocycles. The molecule has 3 aromatic rings. The highest BCUT2D eigenvalue weighted by Crippen LogP contribution is 2.23. The summed E-state index contributed by atoms with van der Waals surface area (Å²) in [6.07, 6.45) is 0. The van der Waals surface area contributed by atoms with Gasteiger partial charge in [-0.3, -0.25) is 4.79 Å². The number of aryl methyl sites for hydroxylation is 3. The summed E-state index contributed by atoms with van der Waals surface area (Å²) >= 11 is 0. The Morgan fingerprint density at radius 1 is 0.867 bits per heavy atom. The standard InChI is InChI=1S/C24H26N2O3S/c1-18-14-19(2)24(20(3)15-18)25-23(27)17-26(16-21-10-6-4-7-11-21)30(28,29)22-12-8-5-9-13-22/h4-15H,16-17H2,1-3H3,(H,25,27). The van der Waals surface area contributed by atoms with Crippen LogP contribution >= 0.6 is 0 Å². The molecule has 1 N–H and O–H groups in total. The van der Waals surface area contributed by atoms with E-state index in [4.69, 9.17) is 0 Å². The Hall–Kier alpha value is -2.96. The second-order valence-electron chi connectivity index (χ2n) is 7.39. The van der Waals surface area contributed by atoms with Crippen molar-refractivity contribution >= 4 is 21.6 Å². The van der Waals surface area contributed by atoms with Crippen LogP contribution in [0.1, 0.15) is 22.3 Å². The SMILES string of the molecule is Cc1cc(C)c(NC(=O)CN(Cc2ccccc2)S(=O)(=O)c2ccccc2)c(C)c1. The van der Waals surface area contributed by atoms with Crippen molar-refractivity contribution in [3.8, 4) is 0 Å². The van der Waals surface area contributed by atoms with Crippen LogP contribution in [-0.2, 0) is 21.4 Å². The van der Waals surface area contributed by atoms with Gasteiger partial charge in [-0.25, -0.2) is 8.42 Å². The van der Waals surface area contributed by atoms with E-state index in [0.717, 1.165) is 27.9 Å². The van der Waals surface area contributed by atoms with Gasteiger partial charge in [0.2, 0.25) is 15.9 Å². The first-order valence-corrected chi connectivity index (χ1v) is 11.2. The zero-order valence-electron chi connectivity index (χ0n) is 17.4. The summed E-state index contributed by atoms with van der Waals surface area (Å²) in [5.41, 5.74) is 4.54. The van der Waals surface area contributed by atoms with Crippen LogP contribution in [0.2, 0.25) is 0 Å². The molecule has 0 spiro atoms. The molecule has 6 heteroatoms. The number of amides is 1. The quantitative estimate of drug-likeness (QED) is 0.612. The van der Waals surface area contributed by atoms with Crippen LogP contribution in [0.5, 0.6) is 0 Å². The Bertz CT molecular complexity index is 1100. The maximum Gasteiger partial charge on any atom is 0.243 e. The van der Waals surface area contributed by atoms with Gasteiger partial charge in [0.1, 0.15) is 0 Å². The van der Waals surface area contributed by atoms with E-state index in [1.807, 2.05) is 63.2 Å². The Labute approximate surface area is 178 Å². The van der Waals surface area contributed by atoms with Crippen molar-refractivity contribution < 1.29 is 13.2 Å². The third-order valence-electron chi connectivity index (χ3n) is 4.84. The molecule has 3 rings (SSSR count). The molecular formula is C24H26N2O3S. The minimum absolute atomic E-state index is 0.108.